The third kappa shape index (κ3) is 2.97. The van der Waals surface area contributed by atoms with Gasteiger partial charge in [0, 0.05) is 18.3 Å². The summed E-state index contributed by atoms with van der Waals surface area (Å²) in [5, 5.41) is 5.96. The van der Waals surface area contributed by atoms with Gasteiger partial charge in [0.05, 0.1) is 0 Å². The highest BCUT2D eigenvalue weighted by molar-refractivity contribution is 5.90. The van der Waals surface area contributed by atoms with Crippen molar-refractivity contribution in [2.24, 2.45) is 17.3 Å². The van der Waals surface area contributed by atoms with Crippen molar-refractivity contribution in [3.8, 4) is 0 Å². The summed E-state index contributed by atoms with van der Waals surface area (Å²) >= 11 is 0. The molecular formula is C23H31N. The van der Waals surface area contributed by atoms with E-state index in [9.17, 15) is 0 Å². The molecule has 2 aromatic carbocycles. The zero-order valence-electron chi connectivity index (χ0n) is 15.7. The highest BCUT2D eigenvalue weighted by Crippen LogP contribution is 2.49. The summed E-state index contributed by atoms with van der Waals surface area (Å²) in [6, 6.07) is 13.2. The summed E-state index contributed by atoms with van der Waals surface area (Å²) < 4.78 is 0. The highest BCUT2D eigenvalue weighted by atomic mass is 14.8. The van der Waals surface area contributed by atoms with Crippen molar-refractivity contribution in [1.29, 1.82) is 0 Å². The van der Waals surface area contributed by atoms with Crippen molar-refractivity contribution >= 4 is 16.5 Å². The molecule has 1 heteroatoms. The molecule has 128 valence electrons. The smallest absolute Gasteiger partial charge is 0.0341 e. The third-order valence-corrected chi connectivity index (χ3v) is 6.68. The van der Waals surface area contributed by atoms with Crippen LogP contribution in [0.2, 0.25) is 0 Å². The van der Waals surface area contributed by atoms with E-state index >= 15 is 0 Å². The quantitative estimate of drug-likeness (QED) is 0.708. The lowest BCUT2D eigenvalue weighted by molar-refractivity contribution is 0.189. The standard InChI is InChI=1S/C23H31N/c1-16-10-12-19(23(16,3)4)13-15-22-20(17(2)24-5)14-11-18-8-6-7-9-21(18)22/h6-9,11,14,16,19,24H,2,10,12-13,15H2,1,3-5H3. The maximum Gasteiger partial charge on any atom is 0.0341 e. The van der Waals surface area contributed by atoms with Gasteiger partial charge in [-0.05, 0) is 59.3 Å². The van der Waals surface area contributed by atoms with Gasteiger partial charge in [0.15, 0.2) is 0 Å². The molecule has 24 heavy (non-hydrogen) atoms. The van der Waals surface area contributed by atoms with Crippen LogP contribution in [-0.2, 0) is 6.42 Å². The van der Waals surface area contributed by atoms with Crippen LogP contribution in [0.15, 0.2) is 43.0 Å². The molecule has 1 fully saturated rings. The average molecular weight is 322 g/mol. The third-order valence-electron chi connectivity index (χ3n) is 6.68. The van der Waals surface area contributed by atoms with Crippen LogP contribution >= 0.6 is 0 Å². The minimum absolute atomic E-state index is 0.463. The molecule has 0 spiro atoms. The maximum atomic E-state index is 4.22. The average Bonchev–Trinajstić information content (AvgIpc) is 2.85. The molecule has 0 amide bonds. The van der Waals surface area contributed by atoms with Crippen LogP contribution in [0.4, 0.5) is 0 Å². The van der Waals surface area contributed by atoms with Crippen molar-refractivity contribution < 1.29 is 0 Å². The van der Waals surface area contributed by atoms with E-state index in [-0.39, 0.29) is 0 Å². The van der Waals surface area contributed by atoms with Crippen LogP contribution in [0.3, 0.4) is 0 Å². The first-order valence-electron chi connectivity index (χ1n) is 9.32. The molecule has 0 heterocycles. The Labute approximate surface area is 147 Å². The summed E-state index contributed by atoms with van der Waals surface area (Å²) in [4.78, 5) is 0. The molecule has 1 saturated carbocycles. The van der Waals surface area contributed by atoms with Crippen LogP contribution in [-0.4, -0.2) is 7.05 Å². The number of aryl methyl sites for hydroxylation is 1. The second-order valence-corrected chi connectivity index (χ2v) is 8.08. The first-order valence-corrected chi connectivity index (χ1v) is 9.32. The first-order chi connectivity index (χ1) is 11.4. The van der Waals surface area contributed by atoms with E-state index in [4.69, 9.17) is 0 Å². The zero-order valence-corrected chi connectivity index (χ0v) is 15.7. The van der Waals surface area contributed by atoms with E-state index in [0.29, 0.717) is 5.41 Å². The van der Waals surface area contributed by atoms with Gasteiger partial charge in [-0.1, -0.05) is 63.7 Å². The number of nitrogens with one attached hydrogen (secondary N) is 1. The first kappa shape index (κ1) is 17.1. The van der Waals surface area contributed by atoms with Crippen LogP contribution in [0.5, 0.6) is 0 Å². The lowest BCUT2D eigenvalue weighted by Gasteiger charge is -2.31. The molecule has 0 radical (unpaired) electrons. The Bertz CT molecular complexity index is 741. The number of hydrogen-bond acceptors (Lipinski definition) is 1. The van der Waals surface area contributed by atoms with E-state index in [1.807, 2.05) is 7.05 Å². The van der Waals surface area contributed by atoms with Gasteiger partial charge in [0.25, 0.3) is 0 Å². The SMILES string of the molecule is C=C(NC)c1ccc2ccccc2c1CCC1CCC(C)C1(C)C. The van der Waals surface area contributed by atoms with E-state index in [0.717, 1.165) is 24.0 Å². The molecule has 2 aromatic rings. The lowest BCUT2D eigenvalue weighted by Crippen LogP contribution is -2.24. The molecule has 1 aliphatic carbocycles. The van der Waals surface area contributed by atoms with E-state index in [1.54, 1.807) is 0 Å². The van der Waals surface area contributed by atoms with Gasteiger partial charge in [-0.25, -0.2) is 0 Å². The van der Waals surface area contributed by atoms with Crippen molar-refractivity contribution in [3.05, 3.63) is 54.1 Å². The van der Waals surface area contributed by atoms with Gasteiger partial charge in [-0.15, -0.1) is 0 Å². The predicted octanol–water partition coefficient (Wildman–Crippen LogP) is 6.03. The van der Waals surface area contributed by atoms with Gasteiger partial charge in [0.1, 0.15) is 0 Å². The molecular weight excluding hydrogens is 290 g/mol. The fourth-order valence-corrected chi connectivity index (χ4v) is 4.46. The molecule has 1 nitrogen and oxygen atoms in total. The summed E-state index contributed by atoms with van der Waals surface area (Å²) in [7, 11) is 1.96. The Balaban J connectivity index is 1.94. The summed E-state index contributed by atoms with van der Waals surface area (Å²) in [6.45, 7) is 11.6. The van der Waals surface area contributed by atoms with Crippen molar-refractivity contribution in [2.75, 3.05) is 7.05 Å². The van der Waals surface area contributed by atoms with Crippen LogP contribution in [0, 0.1) is 17.3 Å². The maximum absolute atomic E-state index is 4.22. The summed E-state index contributed by atoms with van der Waals surface area (Å²) in [5.74, 6) is 1.66. The number of hydrogen-bond donors (Lipinski definition) is 1. The Morgan fingerprint density at radius 2 is 1.92 bits per heavy atom. The molecule has 3 rings (SSSR count). The van der Waals surface area contributed by atoms with Gasteiger partial charge in [0.2, 0.25) is 0 Å². The number of rotatable bonds is 5. The van der Waals surface area contributed by atoms with Gasteiger partial charge >= 0.3 is 0 Å². The molecule has 2 unspecified atom stereocenters. The second kappa shape index (κ2) is 6.63. The van der Waals surface area contributed by atoms with Gasteiger partial charge in [-0.2, -0.15) is 0 Å². The normalized spacial score (nSPS) is 22.7. The van der Waals surface area contributed by atoms with Crippen LogP contribution in [0.1, 0.15) is 51.2 Å². The molecule has 0 bridgehead atoms. The molecule has 0 aromatic heterocycles. The zero-order chi connectivity index (χ0) is 17.3. The molecule has 1 aliphatic rings. The fourth-order valence-electron chi connectivity index (χ4n) is 4.46. The summed E-state index contributed by atoms with van der Waals surface area (Å²) in [6.07, 6.45) is 5.16. The van der Waals surface area contributed by atoms with Gasteiger partial charge in [-0.3, -0.25) is 0 Å². The Hall–Kier alpha value is -1.76. The van der Waals surface area contributed by atoms with E-state index in [1.165, 1.54) is 41.2 Å². The van der Waals surface area contributed by atoms with Gasteiger partial charge < -0.3 is 5.32 Å². The van der Waals surface area contributed by atoms with Crippen LogP contribution in [0.25, 0.3) is 16.5 Å². The van der Waals surface area contributed by atoms with Crippen molar-refractivity contribution in [1.82, 2.24) is 5.32 Å². The second-order valence-electron chi connectivity index (χ2n) is 8.08. The number of fused-ring (bicyclic) bond motifs is 1. The number of benzene rings is 2. The molecule has 2 atom stereocenters. The van der Waals surface area contributed by atoms with E-state index in [2.05, 4.69) is 69.1 Å². The van der Waals surface area contributed by atoms with Crippen molar-refractivity contribution in [2.45, 2.75) is 46.5 Å². The van der Waals surface area contributed by atoms with Crippen molar-refractivity contribution in [3.63, 3.8) is 0 Å². The highest BCUT2D eigenvalue weighted by Gasteiger charge is 2.39. The molecule has 0 aliphatic heterocycles. The largest absolute Gasteiger partial charge is 0.388 e. The minimum atomic E-state index is 0.463. The Kier molecular flexibility index (Phi) is 4.71. The van der Waals surface area contributed by atoms with E-state index < -0.39 is 0 Å². The minimum Gasteiger partial charge on any atom is -0.388 e. The topological polar surface area (TPSA) is 12.0 Å². The van der Waals surface area contributed by atoms with Crippen LogP contribution < -0.4 is 5.32 Å². The fraction of sp³-hybridized carbons (Fsp3) is 0.478. The molecule has 1 N–H and O–H groups in total. The Morgan fingerprint density at radius 3 is 2.58 bits per heavy atom. The predicted molar refractivity (Wildman–Crippen MR) is 106 cm³/mol. The summed E-state index contributed by atoms with van der Waals surface area (Å²) in [5.41, 5.74) is 4.22. The molecule has 0 saturated heterocycles. The lowest BCUT2D eigenvalue weighted by atomic mass is 9.74. The monoisotopic (exact) mass is 321 g/mol. The Morgan fingerprint density at radius 1 is 1.17 bits per heavy atom.